The maximum absolute atomic E-state index is 13.7. The number of aromatic nitrogens is 1. The zero-order valence-electron chi connectivity index (χ0n) is 12.2. The lowest BCUT2D eigenvalue weighted by Crippen LogP contribution is -2.41. The fourth-order valence-electron chi connectivity index (χ4n) is 1.94. The molecule has 1 aliphatic heterocycles. The summed E-state index contributed by atoms with van der Waals surface area (Å²) in [5.41, 5.74) is -0.139. The Morgan fingerprint density at radius 3 is 2.45 bits per heavy atom. The summed E-state index contributed by atoms with van der Waals surface area (Å²) in [6.07, 6.45) is 2.86. The molecule has 1 saturated heterocycles. The molecule has 1 aliphatic rings. The van der Waals surface area contributed by atoms with Crippen LogP contribution in [0.1, 0.15) is 38.8 Å². The maximum atomic E-state index is 13.7. The molecule has 108 valence electrons. The number of hydrogen-bond donors (Lipinski definition) is 1. The van der Waals surface area contributed by atoms with Gasteiger partial charge >= 0.3 is 7.12 Å². The van der Waals surface area contributed by atoms with E-state index in [1.165, 1.54) is 12.3 Å². The SMILES string of the molecule is CC1(C)OB(/C=C/c2c(CO)ccnc2F)OC1(C)C. The predicted molar refractivity (Wildman–Crippen MR) is 75.2 cm³/mol. The minimum Gasteiger partial charge on any atom is -0.400 e. The van der Waals surface area contributed by atoms with E-state index in [4.69, 9.17) is 9.31 Å². The van der Waals surface area contributed by atoms with E-state index in [1.54, 1.807) is 12.0 Å². The van der Waals surface area contributed by atoms with Gasteiger partial charge in [0.25, 0.3) is 0 Å². The average molecular weight is 279 g/mol. The molecule has 0 radical (unpaired) electrons. The van der Waals surface area contributed by atoms with Gasteiger partial charge in [-0.05, 0) is 39.3 Å². The standard InChI is InChI=1S/C14H19BFNO3/c1-13(2)14(3,4)20-15(19-13)7-5-11-10(9-18)6-8-17-12(11)16/h5-8,18H,9H2,1-4H3/b7-5+. The van der Waals surface area contributed by atoms with E-state index >= 15 is 0 Å². The monoisotopic (exact) mass is 279 g/mol. The normalized spacial score (nSPS) is 20.8. The van der Waals surface area contributed by atoms with E-state index in [0.29, 0.717) is 5.56 Å². The molecule has 2 heterocycles. The van der Waals surface area contributed by atoms with Gasteiger partial charge in [0, 0.05) is 11.8 Å². The quantitative estimate of drug-likeness (QED) is 0.681. The van der Waals surface area contributed by atoms with Gasteiger partial charge in [0.1, 0.15) is 0 Å². The van der Waals surface area contributed by atoms with Crippen LogP contribution in [0.4, 0.5) is 4.39 Å². The second-order valence-corrected chi connectivity index (χ2v) is 5.82. The summed E-state index contributed by atoms with van der Waals surface area (Å²) in [7, 11) is -0.550. The highest BCUT2D eigenvalue weighted by molar-refractivity contribution is 6.52. The largest absolute Gasteiger partial charge is 0.487 e. The number of hydrogen-bond acceptors (Lipinski definition) is 4. The first-order chi connectivity index (χ1) is 9.27. The molecule has 6 heteroatoms. The van der Waals surface area contributed by atoms with E-state index in [1.807, 2.05) is 27.7 Å². The van der Waals surface area contributed by atoms with Crippen LogP contribution in [0.15, 0.2) is 18.2 Å². The first-order valence-electron chi connectivity index (χ1n) is 6.55. The summed E-state index contributed by atoms with van der Waals surface area (Å²) in [5.74, 6) is 1.01. The van der Waals surface area contributed by atoms with Crippen molar-refractivity contribution in [3.63, 3.8) is 0 Å². The second-order valence-electron chi connectivity index (χ2n) is 5.82. The molecule has 1 fully saturated rings. The Balaban J connectivity index is 2.20. The fraction of sp³-hybridized carbons (Fsp3) is 0.500. The Morgan fingerprint density at radius 2 is 1.90 bits per heavy atom. The number of halogens is 1. The third kappa shape index (κ3) is 2.77. The van der Waals surface area contributed by atoms with Gasteiger partial charge in [-0.25, -0.2) is 4.98 Å². The molecule has 1 aromatic rings. The van der Waals surface area contributed by atoms with Crippen molar-refractivity contribution in [3.8, 4) is 0 Å². The van der Waals surface area contributed by atoms with E-state index in [0.717, 1.165) is 0 Å². The predicted octanol–water partition coefficient (Wildman–Crippen LogP) is 2.36. The molecule has 1 aromatic heterocycles. The lowest BCUT2D eigenvalue weighted by molar-refractivity contribution is 0.00578. The highest BCUT2D eigenvalue weighted by Crippen LogP contribution is 2.37. The molecule has 0 saturated carbocycles. The summed E-state index contributed by atoms with van der Waals surface area (Å²) in [5, 5.41) is 9.21. The van der Waals surface area contributed by atoms with Crippen LogP contribution in [0.2, 0.25) is 0 Å². The Hall–Kier alpha value is -1.24. The first kappa shape index (κ1) is 15.2. The second kappa shape index (κ2) is 5.28. The van der Waals surface area contributed by atoms with Crippen molar-refractivity contribution in [1.29, 1.82) is 0 Å². The van der Waals surface area contributed by atoms with E-state index in [-0.39, 0.29) is 12.2 Å². The van der Waals surface area contributed by atoms with Gasteiger partial charge in [-0.1, -0.05) is 12.1 Å². The van der Waals surface area contributed by atoms with Crippen LogP contribution in [0.3, 0.4) is 0 Å². The van der Waals surface area contributed by atoms with Crippen LogP contribution in [-0.2, 0) is 15.9 Å². The highest BCUT2D eigenvalue weighted by atomic mass is 19.1. The van der Waals surface area contributed by atoms with E-state index < -0.39 is 24.3 Å². The zero-order valence-corrected chi connectivity index (χ0v) is 12.2. The average Bonchev–Trinajstić information content (AvgIpc) is 2.56. The Labute approximate surface area is 118 Å². The topological polar surface area (TPSA) is 51.6 Å². The Morgan fingerprint density at radius 1 is 1.30 bits per heavy atom. The summed E-state index contributed by atoms with van der Waals surface area (Å²) >= 11 is 0. The number of nitrogens with zero attached hydrogens (tertiary/aromatic N) is 1. The molecule has 0 atom stereocenters. The first-order valence-corrected chi connectivity index (χ1v) is 6.55. The number of aliphatic hydroxyl groups excluding tert-OH is 1. The molecule has 0 unspecified atom stereocenters. The van der Waals surface area contributed by atoms with Crippen LogP contribution in [-0.4, -0.2) is 28.4 Å². The Bertz CT molecular complexity index is 515. The lowest BCUT2D eigenvalue weighted by atomic mass is 9.89. The number of rotatable bonds is 3. The molecule has 0 bridgehead atoms. The van der Waals surface area contributed by atoms with Crippen molar-refractivity contribution >= 4 is 13.2 Å². The Kier molecular flexibility index (Phi) is 4.00. The maximum Gasteiger partial charge on any atom is 0.487 e. The molecule has 0 aliphatic carbocycles. The minimum atomic E-state index is -0.621. The van der Waals surface area contributed by atoms with Gasteiger partial charge in [0.05, 0.1) is 17.8 Å². The third-order valence-corrected chi connectivity index (χ3v) is 3.89. The molecular formula is C14H19BFNO3. The van der Waals surface area contributed by atoms with E-state index in [2.05, 4.69) is 4.98 Å². The molecule has 2 rings (SSSR count). The lowest BCUT2D eigenvalue weighted by Gasteiger charge is -2.32. The summed E-state index contributed by atoms with van der Waals surface area (Å²) in [4.78, 5) is 3.58. The molecular weight excluding hydrogens is 260 g/mol. The van der Waals surface area contributed by atoms with Gasteiger partial charge in [0.15, 0.2) is 0 Å². The number of aliphatic hydroxyl groups is 1. The minimum absolute atomic E-state index is 0.248. The van der Waals surface area contributed by atoms with Crippen LogP contribution in [0, 0.1) is 5.95 Å². The number of pyridine rings is 1. The summed E-state index contributed by atoms with van der Waals surface area (Å²) in [6.45, 7) is 7.55. The molecule has 0 spiro atoms. The van der Waals surface area contributed by atoms with Crippen molar-refractivity contribution in [2.24, 2.45) is 0 Å². The highest BCUT2D eigenvalue weighted by Gasteiger charge is 2.50. The smallest absolute Gasteiger partial charge is 0.400 e. The third-order valence-electron chi connectivity index (χ3n) is 3.89. The van der Waals surface area contributed by atoms with Gasteiger partial charge in [0.2, 0.25) is 5.95 Å². The van der Waals surface area contributed by atoms with Gasteiger partial charge < -0.3 is 14.4 Å². The summed E-state index contributed by atoms with van der Waals surface area (Å²) < 4.78 is 25.2. The fourth-order valence-corrected chi connectivity index (χ4v) is 1.94. The van der Waals surface area contributed by atoms with Gasteiger partial charge in [-0.2, -0.15) is 4.39 Å². The van der Waals surface area contributed by atoms with Gasteiger partial charge in [-0.15, -0.1) is 0 Å². The van der Waals surface area contributed by atoms with Crippen LogP contribution < -0.4 is 0 Å². The van der Waals surface area contributed by atoms with Gasteiger partial charge in [-0.3, -0.25) is 0 Å². The molecule has 0 aromatic carbocycles. The van der Waals surface area contributed by atoms with Crippen LogP contribution >= 0.6 is 0 Å². The van der Waals surface area contributed by atoms with Crippen molar-refractivity contribution < 1.29 is 18.8 Å². The molecule has 4 nitrogen and oxygen atoms in total. The summed E-state index contributed by atoms with van der Waals surface area (Å²) in [6, 6.07) is 1.58. The van der Waals surface area contributed by atoms with Crippen LogP contribution in [0.25, 0.3) is 6.08 Å². The van der Waals surface area contributed by atoms with E-state index in [9.17, 15) is 9.50 Å². The van der Waals surface area contributed by atoms with Crippen molar-refractivity contribution in [1.82, 2.24) is 4.98 Å². The van der Waals surface area contributed by atoms with Crippen molar-refractivity contribution in [2.75, 3.05) is 0 Å². The molecule has 0 amide bonds. The zero-order chi connectivity index (χ0) is 15.0. The molecule has 1 N–H and O–H groups in total. The molecule has 20 heavy (non-hydrogen) atoms. The van der Waals surface area contributed by atoms with Crippen molar-refractivity contribution in [2.45, 2.75) is 45.5 Å². The van der Waals surface area contributed by atoms with Crippen molar-refractivity contribution in [3.05, 3.63) is 35.3 Å². The van der Waals surface area contributed by atoms with Crippen LogP contribution in [0.5, 0.6) is 0 Å².